The molecule has 0 aromatic heterocycles. The monoisotopic (exact) mass is 605 g/mol. The smallest absolute Gasteiger partial charge is 0.264 e. The van der Waals surface area contributed by atoms with Crippen molar-refractivity contribution in [3.63, 3.8) is 0 Å². The van der Waals surface area contributed by atoms with Gasteiger partial charge in [-0.25, -0.2) is 8.42 Å². The van der Waals surface area contributed by atoms with Crippen LogP contribution in [0.5, 0.6) is 5.75 Å². The summed E-state index contributed by atoms with van der Waals surface area (Å²) >= 11 is 12.8. The van der Waals surface area contributed by atoms with E-state index in [0.717, 1.165) is 9.87 Å². The summed E-state index contributed by atoms with van der Waals surface area (Å²) in [4.78, 5) is 28.3. The summed E-state index contributed by atoms with van der Waals surface area (Å²) in [7, 11) is -2.81. The number of carbonyl (C=O) groups excluding carboxylic acids is 2. The Bertz CT molecular complexity index is 1430. The second-order valence-corrected chi connectivity index (χ2v) is 11.9. The third-order valence-corrected chi connectivity index (χ3v) is 8.83. The largest absolute Gasteiger partial charge is 0.495 e. The molecule has 0 radical (unpaired) electrons. The summed E-state index contributed by atoms with van der Waals surface area (Å²) in [5.41, 5.74) is 1.51. The van der Waals surface area contributed by atoms with Gasteiger partial charge in [0.2, 0.25) is 11.8 Å². The van der Waals surface area contributed by atoms with Crippen molar-refractivity contribution in [1.82, 2.24) is 10.2 Å². The standard InChI is InChI=1S/C29H33Cl2N3O5S/c1-5-17-32-29(36)21(3)33(18-23-24(30)9-8-10-25(23)31)28(35)19-34(26-11-6-7-12-27(26)39-4)40(37,38)22-15-13-20(2)14-16-22/h6-16,21H,5,17-19H2,1-4H3,(H,32,36)/t21-/m0/s1. The second kappa shape index (κ2) is 13.9. The van der Waals surface area contributed by atoms with Gasteiger partial charge in [0, 0.05) is 28.7 Å². The van der Waals surface area contributed by atoms with Crippen LogP contribution in [0, 0.1) is 6.92 Å². The van der Waals surface area contributed by atoms with Crippen molar-refractivity contribution < 1.29 is 22.7 Å². The number of halogens is 2. The number of para-hydroxylation sites is 2. The van der Waals surface area contributed by atoms with Gasteiger partial charge < -0.3 is 15.0 Å². The SMILES string of the molecule is CCCNC(=O)[C@H](C)N(Cc1c(Cl)cccc1Cl)C(=O)CN(c1ccccc1OC)S(=O)(=O)c1ccc(C)cc1. The van der Waals surface area contributed by atoms with Crippen molar-refractivity contribution in [2.45, 2.75) is 44.7 Å². The molecule has 3 aromatic carbocycles. The Morgan fingerprint density at radius 2 is 1.60 bits per heavy atom. The zero-order valence-electron chi connectivity index (χ0n) is 22.9. The molecular weight excluding hydrogens is 573 g/mol. The maximum Gasteiger partial charge on any atom is 0.264 e. The van der Waals surface area contributed by atoms with Crippen LogP contribution in [0.3, 0.4) is 0 Å². The van der Waals surface area contributed by atoms with Gasteiger partial charge in [-0.3, -0.25) is 13.9 Å². The number of nitrogens with zero attached hydrogens (tertiary/aromatic N) is 2. The molecule has 11 heteroatoms. The van der Waals surface area contributed by atoms with Crippen molar-refractivity contribution in [2.24, 2.45) is 0 Å². The molecule has 0 unspecified atom stereocenters. The molecule has 0 aliphatic heterocycles. The van der Waals surface area contributed by atoms with Crippen LogP contribution in [-0.4, -0.2) is 51.4 Å². The predicted molar refractivity (Wildman–Crippen MR) is 158 cm³/mol. The number of anilines is 1. The van der Waals surface area contributed by atoms with Gasteiger partial charge in [-0.05, 0) is 56.7 Å². The van der Waals surface area contributed by atoms with E-state index in [-0.39, 0.29) is 28.8 Å². The molecule has 0 bridgehead atoms. The van der Waals surface area contributed by atoms with E-state index < -0.39 is 28.5 Å². The number of ether oxygens (including phenoxy) is 1. The Balaban J connectivity index is 2.09. The summed E-state index contributed by atoms with van der Waals surface area (Å²) in [5, 5.41) is 3.44. The number of hydrogen-bond acceptors (Lipinski definition) is 5. The van der Waals surface area contributed by atoms with Gasteiger partial charge in [0.25, 0.3) is 10.0 Å². The minimum Gasteiger partial charge on any atom is -0.495 e. The molecule has 3 rings (SSSR count). The van der Waals surface area contributed by atoms with Gasteiger partial charge >= 0.3 is 0 Å². The van der Waals surface area contributed by atoms with E-state index in [1.54, 1.807) is 61.5 Å². The van der Waals surface area contributed by atoms with E-state index in [1.165, 1.54) is 24.1 Å². The third kappa shape index (κ3) is 7.27. The highest BCUT2D eigenvalue weighted by Crippen LogP contribution is 2.33. The average molecular weight is 607 g/mol. The molecule has 1 atom stereocenters. The lowest BCUT2D eigenvalue weighted by Crippen LogP contribution is -2.51. The van der Waals surface area contributed by atoms with E-state index in [4.69, 9.17) is 27.9 Å². The first-order chi connectivity index (χ1) is 19.0. The molecule has 0 aliphatic rings. The number of aryl methyl sites for hydroxylation is 1. The van der Waals surface area contributed by atoms with Gasteiger partial charge in [0.15, 0.2) is 0 Å². The maximum absolute atomic E-state index is 14.0. The van der Waals surface area contributed by atoms with Gasteiger partial charge in [0.1, 0.15) is 18.3 Å². The number of rotatable bonds is 12. The summed E-state index contributed by atoms with van der Waals surface area (Å²) in [5.74, 6) is -0.749. The fourth-order valence-electron chi connectivity index (χ4n) is 4.02. The van der Waals surface area contributed by atoms with Crippen LogP contribution in [0.2, 0.25) is 10.0 Å². The quantitative estimate of drug-likeness (QED) is 0.296. The number of carbonyl (C=O) groups is 2. The van der Waals surface area contributed by atoms with Crippen LogP contribution in [-0.2, 0) is 26.2 Å². The molecule has 0 aliphatic carbocycles. The van der Waals surface area contributed by atoms with E-state index in [0.29, 0.717) is 28.6 Å². The van der Waals surface area contributed by atoms with Crippen molar-refractivity contribution in [1.29, 1.82) is 0 Å². The van der Waals surface area contributed by atoms with E-state index in [2.05, 4.69) is 5.32 Å². The van der Waals surface area contributed by atoms with Crippen molar-refractivity contribution in [2.75, 3.05) is 24.5 Å². The molecule has 0 spiro atoms. The van der Waals surface area contributed by atoms with Crippen LogP contribution < -0.4 is 14.4 Å². The second-order valence-electron chi connectivity index (χ2n) is 9.19. The number of methoxy groups -OCH3 is 1. The highest BCUT2D eigenvalue weighted by Gasteiger charge is 2.34. The van der Waals surface area contributed by atoms with Gasteiger partial charge in [-0.15, -0.1) is 0 Å². The molecule has 0 saturated heterocycles. The first-order valence-corrected chi connectivity index (χ1v) is 14.9. The summed E-state index contributed by atoms with van der Waals surface area (Å²) in [6, 6.07) is 16.9. The molecule has 40 heavy (non-hydrogen) atoms. The van der Waals surface area contributed by atoms with Gasteiger partial charge in [-0.1, -0.05) is 66.0 Å². The Kier molecular flexibility index (Phi) is 10.8. The first-order valence-electron chi connectivity index (χ1n) is 12.7. The molecule has 3 aromatic rings. The highest BCUT2D eigenvalue weighted by molar-refractivity contribution is 7.92. The lowest BCUT2D eigenvalue weighted by atomic mass is 10.1. The minimum absolute atomic E-state index is 0.00578. The number of hydrogen-bond donors (Lipinski definition) is 1. The van der Waals surface area contributed by atoms with Crippen LogP contribution in [0.25, 0.3) is 0 Å². The van der Waals surface area contributed by atoms with Gasteiger partial charge in [0.05, 0.1) is 17.7 Å². The molecule has 2 amide bonds. The zero-order valence-corrected chi connectivity index (χ0v) is 25.2. The third-order valence-electron chi connectivity index (χ3n) is 6.35. The summed E-state index contributed by atoms with van der Waals surface area (Å²) in [6.45, 7) is 5.05. The molecule has 1 N–H and O–H groups in total. The molecule has 0 heterocycles. The van der Waals surface area contributed by atoms with Crippen LogP contribution in [0.4, 0.5) is 5.69 Å². The van der Waals surface area contributed by atoms with Crippen LogP contribution >= 0.6 is 23.2 Å². The van der Waals surface area contributed by atoms with Crippen LogP contribution in [0.15, 0.2) is 71.6 Å². The van der Waals surface area contributed by atoms with Crippen LogP contribution in [0.1, 0.15) is 31.4 Å². The zero-order chi connectivity index (χ0) is 29.4. The lowest BCUT2D eigenvalue weighted by Gasteiger charge is -2.32. The highest BCUT2D eigenvalue weighted by atomic mass is 35.5. The topological polar surface area (TPSA) is 96.0 Å². The number of benzene rings is 3. The Labute approximate surface area is 245 Å². The Morgan fingerprint density at radius 3 is 2.20 bits per heavy atom. The lowest BCUT2D eigenvalue weighted by molar-refractivity contribution is -0.139. The van der Waals surface area contributed by atoms with Gasteiger partial charge in [-0.2, -0.15) is 0 Å². The molecular formula is C29H33Cl2N3O5S. The predicted octanol–water partition coefficient (Wildman–Crippen LogP) is 5.45. The molecule has 214 valence electrons. The molecule has 0 fully saturated rings. The van der Waals surface area contributed by atoms with Crippen molar-refractivity contribution in [3.8, 4) is 5.75 Å². The van der Waals surface area contributed by atoms with Crippen molar-refractivity contribution >= 4 is 50.7 Å². The fourth-order valence-corrected chi connectivity index (χ4v) is 5.96. The first kappa shape index (κ1) is 31.3. The minimum atomic E-state index is -4.23. The van der Waals surface area contributed by atoms with E-state index in [1.807, 2.05) is 13.8 Å². The number of amides is 2. The molecule has 0 saturated carbocycles. The Hall–Kier alpha value is -3.27. The Morgan fingerprint density at radius 1 is 0.975 bits per heavy atom. The number of nitrogens with one attached hydrogen (secondary N) is 1. The fraction of sp³-hybridized carbons (Fsp3) is 0.310. The van der Waals surface area contributed by atoms with Crippen molar-refractivity contribution in [3.05, 3.63) is 87.9 Å². The molecule has 8 nitrogen and oxygen atoms in total. The maximum atomic E-state index is 14.0. The number of sulfonamides is 1. The average Bonchev–Trinajstić information content (AvgIpc) is 2.94. The van der Waals surface area contributed by atoms with E-state index >= 15 is 0 Å². The summed E-state index contributed by atoms with van der Waals surface area (Å²) < 4.78 is 34.4. The normalized spacial score (nSPS) is 11.9. The van der Waals surface area contributed by atoms with E-state index in [9.17, 15) is 18.0 Å². The summed E-state index contributed by atoms with van der Waals surface area (Å²) in [6.07, 6.45) is 0.707.